The summed E-state index contributed by atoms with van der Waals surface area (Å²) in [6, 6.07) is 8.10. The van der Waals surface area contributed by atoms with E-state index in [1.165, 1.54) is 30.2 Å². The van der Waals surface area contributed by atoms with E-state index in [1.54, 1.807) is 13.2 Å². The van der Waals surface area contributed by atoms with Crippen LogP contribution >= 0.6 is 11.6 Å². The predicted molar refractivity (Wildman–Crippen MR) is 175 cm³/mol. The van der Waals surface area contributed by atoms with E-state index in [9.17, 15) is 36.7 Å². The molecular formula is C33H37ClF4N6O5. The van der Waals surface area contributed by atoms with Gasteiger partial charge in [0.1, 0.15) is 11.6 Å². The molecule has 0 unspecified atom stereocenters. The average Bonchev–Trinajstić information content (AvgIpc) is 3.23. The number of hydrogen-bond acceptors (Lipinski definition) is 7. The van der Waals surface area contributed by atoms with Crippen LogP contribution in [0.5, 0.6) is 5.75 Å². The van der Waals surface area contributed by atoms with Gasteiger partial charge in [-0.05, 0) is 56.0 Å². The molecule has 0 radical (unpaired) electrons. The molecule has 0 aromatic heterocycles. The number of carbonyl (C=O) groups is 4. The number of amides is 5. The molecule has 0 bridgehead atoms. The van der Waals surface area contributed by atoms with E-state index in [4.69, 9.17) is 16.3 Å². The number of piperidine rings is 1. The largest absolute Gasteiger partial charge is 0.497 e. The van der Waals surface area contributed by atoms with Crippen molar-refractivity contribution in [1.29, 1.82) is 0 Å². The number of urea groups is 1. The van der Waals surface area contributed by atoms with E-state index in [2.05, 4.69) is 11.9 Å². The van der Waals surface area contributed by atoms with Crippen molar-refractivity contribution in [2.45, 2.75) is 44.4 Å². The summed E-state index contributed by atoms with van der Waals surface area (Å²) in [6.45, 7) is 6.69. The third-order valence-electron chi connectivity index (χ3n) is 8.51. The molecule has 1 fully saturated rings. The Bertz CT molecular complexity index is 1610. The van der Waals surface area contributed by atoms with Gasteiger partial charge in [-0.2, -0.15) is 13.2 Å². The number of imide groups is 1. The molecule has 2 aromatic carbocycles. The van der Waals surface area contributed by atoms with Crippen LogP contribution in [0.3, 0.4) is 0 Å². The van der Waals surface area contributed by atoms with Crippen molar-refractivity contribution in [2.75, 3.05) is 45.2 Å². The van der Waals surface area contributed by atoms with Crippen LogP contribution in [0.1, 0.15) is 30.9 Å². The zero-order valence-electron chi connectivity index (χ0n) is 26.9. The highest BCUT2D eigenvalue weighted by atomic mass is 35.5. The minimum absolute atomic E-state index is 0.0279. The van der Waals surface area contributed by atoms with Gasteiger partial charge in [-0.15, -0.1) is 0 Å². The van der Waals surface area contributed by atoms with Gasteiger partial charge in [-0.25, -0.2) is 9.18 Å². The van der Waals surface area contributed by atoms with Gasteiger partial charge in [0.2, 0.25) is 6.41 Å². The number of alkyl halides is 3. The number of ether oxygens (including phenoxy) is 1. The second-order valence-electron chi connectivity index (χ2n) is 11.6. The van der Waals surface area contributed by atoms with Crippen LogP contribution < -0.4 is 20.7 Å². The highest BCUT2D eigenvalue weighted by Crippen LogP contribution is 2.30. The van der Waals surface area contributed by atoms with Crippen LogP contribution in [0.25, 0.3) is 5.57 Å². The van der Waals surface area contributed by atoms with Crippen molar-refractivity contribution < 1.29 is 41.5 Å². The monoisotopic (exact) mass is 708 g/mol. The number of nitrogens with zero attached hydrogens (tertiary/aromatic N) is 3. The summed E-state index contributed by atoms with van der Waals surface area (Å²) in [5.41, 5.74) is 1.91. The van der Waals surface area contributed by atoms with Crippen molar-refractivity contribution in [1.82, 2.24) is 25.3 Å². The van der Waals surface area contributed by atoms with Crippen molar-refractivity contribution in [2.24, 2.45) is 0 Å². The van der Waals surface area contributed by atoms with Gasteiger partial charge in [0.15, 0.2) is 0 Å². The fourth-order valence-corrected chi connectivity index (χ4v) is 5.98. The Hall–Kier alpha value is -4.79. The van der Waals surface area contributed by atoms with Gasteiger partial charge in [0, 0.05) is 61.4 Å². The molecule has 4 rings (SSSR count). The predicted octanol–water partition coefficient (Wildman–Crippen LogP) is 4.54. The fraction of sp³-hybridized carbons (Fsp3) is 0.394. The number of nitrogens with one attached hydrogen (secondary N) is 3. The Kier molecular flexibility index (Phi) is 12.1. The first-order valence-corrected chi connectivity index (χ1v) is 15.8. The quantitative estimate of drug-likeness (QED) is 0.168. The number of carbonyl (C=O) groups excluding carboxylic acids is 4. The van der Waals surface area contributed by atoms with E-state index >= 15 is 0 Å². The highest BCUT2D eigenvalue weighted by Gasteiger charge is 2.39. The minimum Gasteiger partial charge on any atom is -0.497 e. The third-order valence-corrected chi connectivity index (χ3v) is 8.89. The van der Waals surface area contributed by atoms with Crippen LogP contribution in [-0.2, 0) is 20.8 Å². The molecule has 2 aromatic rings. The number of anilines is 1. The third kappa shape index (κ3) is 9.22. The molecule has 2 heterocycles. The number of methoxy groups -OCH3 is 1. The topological polar surface area (TPSA) is 123 Å². The van der Waals surface area contributed by atoms with Gasteiger partial charge < -0.3 is 30.1 Å². The SMILES string of the molecule is C=C(CN(/C=C(\C(=O)NC=O)c1cccc(F)c1Cl)[C@H](C)CNC(=O)C(F)(F)F)N1CCC(N2CCc3cc(OC)ccc3NC2=O)CC1. The lowest BCUT2D eigenvalue weighted by molar-refractivity contribution is -0.173. The summed E-state index contributed by atoms with van der Waals surface area (Å²) in [7, 11) is 1.58. The molecule has 49 heavy (non-hydrogen) atoms. The lowest BCUT2D eigenvalue weighted by atomic mass is 10.0. The van der Waals surface area contributed by atoms with Gasteiger partial charge >= 0.3 is 18.1 Å². The number of benzene rings is 2. The van der Waals surface area contributed by atoms with Crippen LogP contribution in [0.4, 0.5) is 28.0 Å². The molecule has 0 aliphatic carbocycles. The number of likely N-dealkylation sites (tertiary alicyclic amines) is 1. The van der Waals surface area contributed by atoms with Crippen molar-refractivity contribution in [3.8, 4) is 5.75 Å². The number of hydrogen-bond donors (Lipinski definition) is 3. The first kappa shape index (κ1) is 37.0. The zero-order valence-corrected chi connectivity index (χ0v) is 27.7. The van der Waals surface area contributed by atoms with Gasteiger partial charge in [-0.3, -0.25) is 19.7 Å². The number of halogens is 5. The molecule has 2 aliphatic rings. The molecule has 16 heteroatoms. The molecule has 5 amide bonds. The number of fused-ring (bicyclic) bond motifs is 1. The Labute approximate surface area is 285 Å². The van der Waals surface area contributed by atoms with Crippen molar-refractivity contribution in [3.63, 3.8) is 0 Å². The summed E-state index contributed by atoms with van der Waals surface area (Å²) in [4.78, 5) is 54.1. The standard InChI is InChI=1S/C33H37ClF4N6O5/c1-20(16-39-31(47)33(36,37)38)43(18-26(30(46)40-19-45)25-5-4-6-27(35)29(25)34)17-21(2)42-12-10-23(11-13-42)44-14-9-22-15-24(49-3)7-8-28(22)41-32(44)48/h4-8,15,18-20,23H,2,9-14,16-17H2,1,3H3,(H,39,47)(H,41,48)(H,40,45,46)/b26-18-/t20-/m1/s1. The molecule has 0 saturated carbocycles. The summed E-state index contributed by atoms with van der Waals surface area (Å²) in [5, 5.41) is 6.39. The van der Waals surface area contributed by atoms with E-state index in [-0.39, 0.29) is 36.2 Å². The van der Waals surface area contributed by atoms with Crippen LogP contribution in [0, 0.1) is 5.82 Å². The molecule has 3 N–H and O–H groups in total. The molecule has 0 spiro atoms. The minimum atomic E-state index is -5.11. The summed E-state index contributed by atoms with van der Waals surface area (Å²) >= 11 is 6.17. The fourth-order valence-electron chi connectivity index (χ4n) is 5.75. The normalized spacial score (nSPS) is 16.1. The first-order chi connectivity index (χ1) is 23.2. The maximum atomic E-state index is 14.4. The van der Waals surface area contributed by atoms with Crippen LogP contribution in [0.15, 0.2) is 54.9 Å². The van der Waals surface area contributed by atoms with E-state index in [1.807, 2.05) is 32.6 Å². The lowest BCUT2D eigenvalue weighted by Crippen LogP contribution is -2.49. The molecule has 1 saturated heterocycles. The van der Waals surface area contributed by atoms with Crippen molar-refractivity contribution >= 4 is 47.1 Å². The second-order valence-corrected chi connectivity index (χ2v) is 12.0. The molecular weight excluding hydrogens is 672 g/mol. The van der Waals surface area contributed by atoms with Gasteiger partial charge in [-0.1, -0.05) is 30.3 Å². The Morgan fingerprint density at radius 1 is 1.20 bits per heavy atom. The van der Waals surface area contributed by atoms with Gasteiger partial charge in [0.25, 0.3) is 5.91 Å². The van der Waals surface area contributed by atoms with Crippen molar-refractivity contribution in [3.05, 3.63) is 76.8 Å². The summed E-state index contributed by atoms with van der Waals surface area (Å²) in [6.07, 6.45) is -1.90. The Morgan fingerprint density at radius 2 is 1.92 bits per heavy atom. The highest BCUT2D eigenvalue weighted by molar-refractivity contribution is 6.35. The number of rotatable bonds is 12. The van der Waals surface area contributed by atoms with E-state index < -0.39 is 41.4 Å². The first-order valence-electron chi connectivity index (χ1n) is 15.4. The maximum Gasteiger partial charge on any atom is 0.471 e. The maximum absolute atomic E-state index is 14.4. The second kappa shape index (κ2) is 16.1. The Balaban J connectivity index is 1.51. The molecule has 1 atom stereocenters. The zero-order chi connectivity index (χ0) is 35.9. The van der Waals surface area contributed by atoms with Crippen LogP contribution in [-0.4, -0.2) is 97.0 Å². The van der Waals surface area contributed by atoms with E-state index in [0.29, 0.717) is 50.3 Å². The molecule has 2 aliphatic heterocycles. The molecule has 11 nitrogen and oxygen atoms in total. The van der Waals surface area contributed by atoms with E-state index in [0.717, 1.165) is 17.3 Å². The average molecular weight is 709 g/mol. The molecule has 264 valence electrons. The van der Waals surface area contributed by atoms with Gasteiger partial charge in [0.05, 0.1) is 24.3 Å². The summed E-state index contributed by atoms with van der Waals surface area (Å²) in [5.74, 6) is -3.22. The smallest absolute Gasteiger partial charge is 0.471 e. The summed E-state index contributed by atoms with van der Waals surface area (Å²) < 4.78 is 58.5. The van der Waals surface area contributed by atoms with Crippen LogP contribution in [0.2, 0.25) is 5.02 Å². The lowest BCUT2D eigenvalue weighted by Gasteiger charge is -2.41. The Morgan fingerprint density at radius 3 is 2.57 bits per heavy atom.